The number of nitrogens with one attached hydrogen (secondary N) is 1. The van der Waals surface area contributed by atoms with Crippen molar-refractivity contribution < 1.29 is 17.9 Å². The number of sulfonamides is 1. The van der Waals surface area contributed by atoms with Gasteiger partial charge in [0.1, 0.15) is 5.75 Å². The summed E-state index contributed by atoms with van der Waals surface area (Å²) >= 11 is 6.28. The van der Waals surface area contributed by atoms with E-state index in [1.165, 1.54) is 22.5 Å². The first-order chi connectivity index (χ1) is 14.4. The Hall–Kier alpha value is -2.09. The molecule has 8 heteroatoms. The van der Waals surface area contributed by atoms with Crippen LogP contribution in [0.4, 0.5) is 0 Å². The molecule has 4 rings (SSSR count). The number of benzene rings is 2. The maximum Gasteiger partial charge on any atom is 0.253 e. The molecule has 2 aromatic carbocycles. The molecule has 1 N–H and O–H groups in total. The van der Waals surface area contributed by atoms with E-state index in [-0.39, 0.29) is 21.5 Å². The molecule has 0 saturated carbocycles. The van der Waals surface area contributed by atoms with Crippen molar-refractivity contribution in [3.05, 3.63) is 58.1 Å². The van der Waals surface area contributed by atoms with Crippen molar-refractivity contribution in [3.8, 4) is 5.75 Å². The van der Waals surface area contributed by atoms with Gasteiger partial charge < -0.3 is 10.1 Å². The predicted molar refractivity (Wildman–Crippen MR) is 116 cm³/mol. The second-order valence-corrected chi connectivity index (χ2v) is 10.2. The minimum Gasteiger partial charge on any atom is -0.493 e. The quantitative estimate of drug-likeness (QED) is 0.764. The number of hydrogen-bond acceptors (Lipinski definition) is 4. The van der Waals surface area contributed by atoms with Gasteiger partial charge in [0, 0.05) is 25.1 Å². The highest BCUT2D eigenvalue weighted by Crippen LogP contribution is 2.33. The highest BCUT2D eigenvalue weighted by atomic mass is 35.5. The van der Waals surface area contributed by atoms with Gasteiger partial charge in [-0.3, -0.25) is 4.79 Å². The predicted octanol–water partition coefficient (Wildman–Crippen LogP) is 4.08. The smallest absolute Gasteiger partial charge is 0.253 e. The van der Waals surface area contributed by atoms with Crippen molar-refractivity contribution in [1.29, 1.82) is 0 Å². The minimum absolute atomic E-state index is 0.0992. The van der Waals surface area contributed by atoms with Gasteiger partial charge in [-0.15, -0.1) is 0 Å². The topological polar surface area (TPSA) is 75.7 Å². The Morgan fingerprint density at radius 3 is 2.67 bits per heavy atom. The average molecular weight is 449 g/mol. The van der Waals surface area contributed by atoms with E-state index in [0.717, 1.165) is 36.1 Å². The van der Waals surface area contributed by atoms with E-state index in [9.17, 15) is 13.2 Å². The molecule has 1 atom stereocenters. The summed E-state index contributed by atoms with van der Waals surface area (Å²) in [5, 5.41) is 3.23. The van der Waals surface area contributed by atoms with Crippen molar-refractivity contribution in [3.63, 3.8) is 0 Å². The zero-order valence-corrected chi connectivity index (χ0v) is 18.4. The van der Waals surface area contributed by atoms with Crippen LogP contribution in [0.5, 0.6) is 5.75 Å². The van der Waals surface area contributed by atoms with Crippen molar-refractivity contribution in [2.24, 2.45) is 0 Å². The summed E-state index contributed by atoms with van der Waals surface area (Å²) in [5.41, 5.74) is 2.16. The van der Waals surface area contributed by atoms with E-state index in [1.807, 2.05) is 25.1 Å². The van der Waals surface area contributed by atoms with E-state index >= 15 is 0 Å². The Morgan fingerprint density at radius 2 is 1.90 bits per heavy atom. The number of amides is 1. The number of nitrogens with zero attached hydrogens (tertiary/aromatic N) is 1. The zero-order valence-electron chi connectivity index (χ0n) is 16.9. The van der Waals surface area contributed by atoms with Crippen LogP contribution in [-0.2, 0) is 10.0 Å². The monoisotopic (exact) mass is 448 g/mol. The SMILES string of the molecule is Cc1ccc2c(c1)C(NC(=O)c1cc(S(=O)(=O)N3CCCCC3)ccc1Cl)CCO2. The van der Waals surface area contributed by atoms with Gasteiger partial charge in [0.25, 0.3) is 5.91 Å². The van der Waals surface area contributed by atoms with E-state index < -0.39 is 15.9 Å². The van der Waals surface area contributed by atoms with Gasteiger partial charge in [0.15, 0.2) is 0 Å². The van der Waals surface area contributed by atoms with Crippen LogP contribution in [0.15, 0.2) is 41.3 Å². The number of ether oxygens (including phenoxy) is 1. The first-order valence-electron chi connectivity index (χ1n) is 10.2. The minimum atomic E-state index is -3.65. The number of aryl methyl sites for hydroxylation is 1. The second-order valence-electron chi connectivity index (χ2n) is 7.81. The molecule has 0 aromatic heterocycles. The number of hydrogen-bond donors (Lipinski definition) is 1. The molecule has 0 aliphatic carbocycles. The number of halogens is 1. The number of carbonyl (C=O) groups excluding carboxylic acids is 1. The summed E-state index contributed by atoms with van der Waals surface area (Å²) in [4.78, 5) is 13.1. The van der Waals surface area contributed by atoms with Crippen molar-refractivity contribution in [1.82, 2.24) is 9.62 Å². The third-order valence-corrected chi connectivity index (χ3v) is 7.87. The molecule has 0 spiro atoms. The lowest BCUT2D eigenvalue weighted by Crippen LogP contribution is -2.36. The third kappa shape index (κ3) is 4.19. The maximum atomic E-state index is 13.0. The molecule has 2 aromatic rings. The van der Waals surface area contributed by atoms with Crippen LogP contribution in [0.1, 0.15) is 53.2 Å². The summed E-state index contributed by atoms with van der Waals surface area (Å²) in [6, 6.07) is 9.98. The Kier molecular flexibility index (Phi) is 6.04. The lowest BCUT2D eigenvalue weighted by atomic mass is 9.98. The van der Waals surface area contributed by atoms with Gasteiger partial charge in [-0.25, -0.2) is 8.42 Å². The highest BCUT2D eigenvalue weighted by molar-refractivity contribution is 7.89. The molecular weight excluding hydrogens is 424 g/mol. The van der Waals surface area contributed by atoms with Crippen LogP contribution < -0.4 is 10.1 Å². The van der Waals surface area contributed by atoms with Crippen LogP contribution in [0.25, 0.3) is 0 Å². The molecular formula is C22H25ClN2O4S. The van der Waals surface area contributed by atoms with Gasteiger partial charge in [-0.05, 0) is 44.0 Å². The molecule has 0 radical (unpaired) electrons. The largest absolute Gasteiger partial charge is 0.493 e. The third-order valence-electron chi connectivity index (χ3n) is 5.65. The number of fused-ring (bicyclic) bond motifs is 1. The molecule has 1 saturated heterocycles. The Labute approximate surface area is 182 Å². The molecule has 1 fully saturated rings. The van der Waals surface area contributed by atoms with E-state index in [2.05, 4.69) is 5.32 Å². The van der Waals surface area contributed by atoms with E-state index in [0.29, 0.717) is 26.1 Å². The molecule has 2 aliphatic rings. The molecule has 6 nitrogen and oxygen atoms in total. The molecule has 2 aliphatic heterocycles. The molecule has 160 valence electrons. The summed E-state index contributed by atoms with van der Waals surface area (Å²) in [6.45, 7) is 3.49. The van der Waals surface area contributed by atoms with Crippen molar-refractivity contribution >= 4 is 27.5 Å². The number of rotatable bonds is 4. The summed E-state index contributed by atoms with van der Waals surface area (Å²) < 4.78 is 33.2. The normalized spacial score (nSPS) is 19.6. The average Bonchev–Trinajstić information content (AvgIpc) is 2.75. The van der Waals surface area contributed by atoms with Gasteiger partial charge in [-0.2, -0.15) is 4.31 Å². The first-order valence-corrected chi connectivity index (χ1v) is 12.0. The lowest BCUT2D eigenvalue weighted by molar-refractivity contribution is 0.0924. The Balaban J connectivity index is 1.60. The van der Waals surface area contributed by atoms with Crippen LogP contribution in [0.3, 0.4) is 0 Å². The number of carbonyl (C=O) groups is 1. The standard InChI is InChI=1S/C22H25ClN2O4S/c1-15-5-8-21-18(13-15)20(9-12-29-21)24-22(26)17-14-16(6-7-19(17)23)30(27,28)25-10-3-2-4-11-25/h5-8,13-14,20H,2-4,9-12H2,1H3,(H,24,26). The van der Waals surface area contributed by atoms with Gasteiger partial charge in [0.05, 0.1) is 28.1 Å². The number of piperidine rings is 1. The molecule has 30 heavy (non-hydrogen) atoms. The summed E-state index contributed by atoms with van der Waals surface area (Å²) in [5.74, 6) is 0.361. The van der Waals surface area contributed by atoms with E-state index in [4.69, 9.17) is 16.3 Å². The lowest BCUT2D eigenvalue weighted by Gasteiger charge is -2.27. The van der Waals surface area contributed by atoms with Crippen molar-refractivity contribution in [2.45, 2.75) is 43.5 Å². The Morgan fingerprint density at radius 1 is 1.13 bits per heavy atom. The molecule has 1 amide bonds. The van der Waals surface area contributed by atoms with Gasteiger partial charge in [0.2, 0.25) is 10.0 Å². The molecule has 1 unspecified atom stereocenters. The van der Waals surface area contributed by atoms with Crippen molar-refractivity contribution in [2.75, 3.05) is 19.7 Å². The molecule has 2 heterocycles. The van der Waals surface area contributed by atoms with Gasteiger partial charge in [-0.1, -0.05) is 35.7 Å². The zero-order chi connectivity index (χ0) is 21.3. The summed E-state index contributed by atoms with van der Waals surface area (Å²) in [7, 11) is -3.65. The fraction of sp³-hybridized carbons (Fsp3) is 0.409. The Bertz CT molecular complexity index is 1060. The van der Waals surface area contributed by atoms with Crippen LogP contribution in [0, 0.1) is 6.92 Å². The molecule has 0 bridgehead atoms. The van der Waals surface area contributed by atoms with Crippen LogP contribution in [0.2, 0.25) is 5.02 Å². The van der Waals surface area contributed by atoms with E-state index in [1.54, 1.807) is 0 Å². The first kappa shape index (κ1) is 21.2. The van der Waals surface area contributed by atoms with Crippen LogP contribution in [-0.4, -0.2) is 38.3 Å². The summed E-state index contributed by atoms with van der Waals surface area (Å²) in [6.07, 6.45) is 3.36. The fourth-order valence-corrected chi connectivity index (χ4v) is 5.74. The van der Waals surface area contributed by atoms with Crippen LogP contribution >= 0.6 is 11.6 Å². The maximum absolute atomic E-state index is 13.0. The highest BCUT2D eigenvalue weighted by Gasteiger charge is 2.29. The second kappa shape index (κ2) is 8.57. The van der Waals surface area contributed by atoms with Gasteiger partial charge >= 0.3 is 0 Å². The fourth-order valence-electron chi connectivity index (χ4n) is 3.99.